The number of amides is 1. The zero-order chi connectivity index (χ0) is 26.0. The van der Waals surface area contributed by atoms with E-state index in [-0.39, 0.29) is 50.3 Å². The molecule has 2 bridgehead atoms. The summed E-state index contributed by atoms with van der Waals surface area (Å²) < 4.78 is 90.9. The predicted octanol–water partition coefficient (Wildman–Crippen LogP) is 4.66. The van der Waals surface area contributed by atoms with Crippen LogP contribution in [-0.4, -0.2) is 40.7 Å². The van der Waals surface area contributed by atoms with E-state index in [1.165, 1.54) is 0 Å². The van der Waals surface area contributed by atoms with Crippen molar-refractivity contribution in [2.45, 2.75) is 40.8 Å². The summed E-state index contributed by atoms with van der Waals surface area (Å²) in [6, 6.07) is 6.66. The van der Waals surface area contributed by atoms with Crippen molar-refractivity contribution < 1.29 is 34.8 Å². The Bertz CT molecular complexity index is 1410. The summed E-state index contributed by atoms with van der Waals surface area (Å²) in [6.45, 7) is 0. The molecule has 0 heterocycles. The Morgan fingerprint density at radius 3 is 2.03 bits per heavy atom. The minimum absolute atomic E-state index is 0.0548. The Labute approximate surface area is 210 Å². The van der Waals surface area contributed by atoms with E-state index in [0.717, 1.165) is 42.7 Å². The van der Waals surface area contributed by atoms with Gasteiger partial charge in [0.15, 0.2) is 9.84 Å². The molecule has 1 unspecified atom stereocenters. The number of carbonyl (C=O) groups excluding carboxylic acids is 1. The third kappa shape index (κ3) is 5.11. The van der Waals surface area contributed by atoms with Crippen LogP contribution >= 0.6 is 23.2 Å². The van der Waals surface area contributed by atoms with Crippen molar-refractivity contribution >= 4 is 54.7 Å². The van der Waals surface area contributed by atoms with Crippen molar-refractivity contribution in [3.8, 4) is 0 Å². The molecule has 2 aromatic rings. The van der Waals surface area contributed by atoms with Crippen molar-refractivity contribution in [3.05, 3.63) is 52.0 Å². The number of fused-ring (bicyclic) bond motifs is 1. The van der Waals surface area contributed by atoms with Crippen LogP contribution in [0.5, 0.6) is 0 Å². The molecule has 2 aromatic carbocycles. The topological polar surface area (TPSA) is 109 Å². The first-order chi connectivity index (χ1) is 16.0. The molecule has 35 heavy (non-hydrogen) atoms. The van der Waals surface area contributed by atoms with Crippen LogP contribution in [0.2, 0.25) is 10.0 Å². The van der Waals surface area contributed by atoms with Gasteiger partial charge in [-0.1, -0.05) is 23.2 Å². The van der Waals surface area contributed by atoms with E-state index in [1.54, 1.807) is 0 Å². The molecule has 0 aliphatic heterocycles. The van der Waals surface area contributed by atoms with Gasteiger partial charge in [-0.2, -0.15) is 13.2 Å². The van der Waals surface area contributed by atoms with Gasteiger partial charge < -0.3 is 5.32 Å². The number of anilines is 1. The fraction of sp³-hybridized carbons (Fsp3) is 0.381. The highest BCUT2D eigenvalue weighted by Gasteiger charge is 2.64. The Hall–Kier alpha value is -2.02. The second kappa shape index (κ2) is 8.53. The van der Waals surface area contributed by atoms with E-state index in [9.17, 15) is 34.8 Å². The van der Waals surface area contributed by atoms with Crippen LogP contribution in [0.4, 0.5) is 18.9 Å². The first kappa shape index (κ1) is 26.1. The number of halogens is 5. The van der Waals surface area contributed by atoms with Crippen molar-refractivity contribution in [2.75, 3.05) is 11.0 Å². The first-order valence-electron chi connectivity index (χ1n) is 10.2. The quantitative estimate of drug-likeness (QED) is 0.525. The van der Waals surface area contributed by atoms with E-state index in [2.05, 4.69) is 10.0 Å². The summed E-state index contributed by atoms with van der Waals surface area (Å²) in [6.07, 6.45) is -3.27. The van der Waals surface area contributed by atoms with Gasteiger partial charge in [-0.05, 0) is 61.6 Å². The number of rotatable bonds is 6. The lowest BCUT2D eigenvalue weighted by molar-refractivity contribution is -0.180. The van der Waals surface area contributed by atoms with Crippen LogP contribution in [-0.2, 0) is 19.9 Å². The molecule has 0 spiro atoms. The molecule has 3 fully saturated rings. The molecule has 3 aliphatic carbocycles. The van der Waals surface area contributed by atoms with Gasteiger partial charge >= 0.3 is 6.18 Å². The normalized spacial score (nSPS) is 24.1. The third-order valence-corrected chi connectivity index (χ3v) is 9.63. The molecule has 0 saturated heterocycles. The van der Waals surface area contributed by atoms with Gasteiger partial charge in [0.2, 0.25) is 0 Å². The van der Waals surface area contributed by atoms with Crippen molar-refractivity contribution in [1.29, 1.82) is 0 Å². The summed E-state index contributed by atoms with van der Waals surface area (Å²) in [7, 11) is -7.85. The Balaban J connectivity index is 1.60. The van der Waals surface area contributed by atoms with Gasteiger partial charge in [-0.25, -0.2) is 16.8 Å². The van der Waals surface area contributed by atoms with Gasteiger partial charge in [-0.15, -0.1) is 0 Å². The second-order valence-electron chi connectivity index (χ2n) is 8.92. The SMILES string of the molecule is CS(=O)(=O)c1ccc(S(=O)(=O)Nc2cc(Cl)c(Cl)cc2C(=O)NC23CC(C2)C(C(F)(F)F)C3)cc1. The minimum atomic E-state index is -4.36. The maximum atomic E-state index is 13.2. The molecule has 1 amide bonds. The molecular formula is C21H19Cl2F3N2O5S2. The van der Waals surface area contributed by atoms with Crippen LogP contribution in [0.1, 0.15) is 29.6 Å². The molecule has 0 aromatic heterocycles. The predicted molar refractivity (Wildman–Crippen MR) is 124 cm³/mol. The van der Waals surface area contributed by atoms with E-state index in [4.69, 9.17) is 23.2 Å². The highest BCUT2D eigenvalue weighted by Crippen LogP contribution is 2.60. The van der Waals surface area contributed by atoms with Gasteiger partial charge in [0.1, 0.15) is 0 Å². The monoisotopic (exact) mass is 570 g/mol. The van der Waals surface area contributed by atoms with Crippen LogP contribution in [0.15, 0.2) is 46.2 Å². The van der Waals surface area contributed by atoms with Crippen molar-refractivity contribution in [2.24, 2.45) is 11.8 Å². The van der Waals surface area contributed by atoms with Crippen LogP contribution in [0.3, 0.4) is 0 Å². The number of hydrogen-bond donors (Lipinski definition) is 2. The van der Waals surface area contributed by atoms with Gasteiger partial charge in [0.25, 0.3) is 15.9 Å². The molecule has 3 saturated carbocycles. The average molecular weight is 571 g/mol. The minimum Gasteiger partial charge on any atom is -0.346 e. The molecule has 5 rings (SSSR count). The van der Waals surface area contributed by atoms with E-state index in [0.29, 0.717) is 0 Å². The zero-order valence-electron chi connectivity index (χ0n) is 18.0. The standard InChI is InChI=1S/C21H19Cl2F3N2O5S2/c1-34(30,31)12-2-4-13(5-3-12)35(32,33)28-18-7-17(23)16(22)6-14(18)19(29)27-20-8-11(9-20)15(10-20)21(24,25)26/h2-7,11,15,28H,8-10H2,1H3,(H,27,29). The third-order valence-electron chi connectivity index (χ3n) is 6.40. The van der Waals surface area contributed by atoms with E-state index in [1.807, 2.05) is 0 Å². The number of sulfone groups is 1. The molecule has 14 heteroatoms. The zero-order valence-corrected chi connectivity index (χ0v) is 21.1. The Morgan fingerprint density at radius 2 is 1.51 bits per heavy atom. The molecule has 0 radical (unpaired) electrons. The summed E-state index contributed by atoms with van der Waals surface area (Å²) in [4.78, 5) is 12.7. The number of sulfonamides is 1. The number of nitrogens with one attached hydrogen (secondary N) is 2. The van der Waals surface area contributed by atoms with Crippen molar-refractivity contribution in [1.82, 2.24) is 5.32 Å². The maximum Gasteiger partial charge on any atom is 0.392 e. The molecular weight excluding hydrogens is 552 g/mol. The Kier molecular flexibility index (Phi) is 6.35. The van der Waals surface area contributed by atoms with Crippen molar-refractivity contribution in [3.63, 3.8) is 0 Å². The molecule has 1 atom stereocenters. The van der Waals surface area contributed by atoms with Crippen LogP contribution < -0.4 is 10.0 Å². The Morgan fingerprint density at radius 1 is 0.971 bits per heavy atom. The first-order valence-corrected chi connectivity index (χ1v) is 14.4. The highest BCUT2D eigenvalue weighted by molar-refractivity contribution is 7.92. The molecule has 3 aliphatic rings. The van der Waals surface area contributed by atoms with E-state index >= 15 is 0 Å². The summed E-state index contributed by atoms with van der Waals surface area (Å²) in [5, 5.41) is 2.52. The van der Waals surface area contributed by atoms with E-state index < -0.39 is 49.3 Å². The highest BCUT2D eigenvalue weighted by atomic mass is 35.5. The lowest BCUT2D eigenvalue weighted by atomic mass is 9.76. The fourth-order valence-electron chi connectivity index (χ4n) is 4.72. The van der Waals surface area contributed by atoms with Gasteiger partial charge in [0.05, 0.1) is 37.0 Å². The lowest BCUT2D eigenvalue weighted by Crippen LogP contribution is -2.51. The maximum absolute atomic E-state index is 13.2. The number of benzene rings is 2. The summed E-state index contributed by atoms with van der Waals surface area (Å²) >= 11 is 12.0. The average Bonchev–Trinajstić information content (AvgIpc) is 3.26. The van der Waals surface area contributed by atoms with Crippen LogP contribution in [0.25, 0.3) is 0 Å². The van der Waals surface area contributed by atoms with Gasteiger partial charge in [-0.3, -0.25) is 9.52 Å². The molecule has 7 nitrogen and oxygen atoms in total. The molecule has 2 N–H and O–H groups in total. The lowest BCUT2D eigenvalue weighted by Gasteiger charge is -2.39. The number of hydrogen-bond acceptors (Lipinski definition) is 5. The smallest absolute Gasteiger partial charge is 0.346 e. The summed E-state index contributed by atoms with van der Waals surface area (Å²) in [5.74, 6) is -2.85. The molecule has 190 valence electrons. The fourth-order valence-corrected chi connectivity index (χ4v) is 6.74. The number of carbonyl (C=O) groups is 1. The summed E-state index contributed by atoms with van der Waals surface area (Å²) in [5.41, 5.74) is -1.48. The van der Waals surface area contributed by atoms with Crippen LogP contribution in [0, 0.1) is 11.8 Å². The van der Waals surface area contributed by atoms with Gasteiger partial charge in [0, 0.05) is 11.8 Å². The second-order valence-corrected chi connectivity index (χ2v) is 13.4. The number of alkyl halides is 3. The largest absolute Gasteiger partial charge is 0.392 e.